The van der Waals surface area contributed by atoms with Crippen molar-refractivity contribution in [3.63, 3.8) is 0 Å². The van der Waals surface area contributed by atoms with Gasteiger partial charge in [-0.15, -0.1) is 0 Å². The van der Waals surface area contributed by atoms with E-state index in [2.05, 4.69) is 15.3 Å². The van der Waals surface area contributed by atoms with E-state index in [1.54, 1.807) is 13.0 Å². The Labute approximate surface area is 226 Å². The number of aromatic nitrogens is 2. The van der Waals surface area contributed by atoms with Gasteiger partial charge in [-0.2, -0.15) is 0 Å². The molecular formula is C30H34FN3O5. The number of ether oxygens (including phenoxy) is 1. The van der Waals surface area contributed by atoms with Crippen LogP contribution in [0, 0.1) is 28.6 Å². The van der Waals surface area contributed by atoms with Crippen LogP contribution < -0.4 is 5.32 Å². The number of Topliss-reactive ketones (excluding diaryl/α,β-unsaturated/α-hetero) is 2. The molecule has 4 fully saturated rings. The molecule has 0 aromatic carbocycles. The lowest BCUT2D eigenvalue weighted by atomic mass is 9.45. The fourth-order valence-electron chi connectivity index (χ4n) is 8.99. The van der Waals surface area contributed by atoms with Gasteiger partial charge in [0.05, 0.1) is 18.3 Å². The minimum Gasteiger partial charge on any atom is -0.360 e. The van der Waals surface area contributed by atoms with E-state index in [0.29, 0.717) is 31.3 Å². The van der Waals surface area contributed by atoms with E-state index in [1.807, 2.05) is 20.8 Å². The third-order valence-electron chi connectivity index (χ3n) is 10.6. The monoisotopic (exact) mass is 535 g/mol. The predicted octanol–water partition coefficient (Wildman–Crippen LogP) is 3.52. The number of allylic oxidation sites excluding steroid dienone is 4. The third kappa shape index (κ3) is 3.31. The van der Waals surface area contributed by atoms with Crippen LogP contribution in [0.3, 0.4) is 0 Å². The molecule has 6 rings (SSSR count). The van der Waals surface area contributed by atoms with E-state index in [4.69, 9.17) is 4.74 Å². The number of hydrogen-bond donors (Lipinski definition) is 1. The average molecular weight is 536 g/mol. The van der Waals surface area contributed by atoms with Gasteiger partial charge in [0.2, 0.25) is 0 Å². The summed E-state index contributed by atoms with van der Waals surface area (Å²) < 4.78 is 24.1. The highest BCUT2D eigenvalue weighted by molar-refractivity contribution is 6.03. The first-order valence-corrected chi connectivity index (χ1v) is 13.7. The van der Waals surface area contributed by atoms with Crippen molar-refractivity contribution in [1.29, 1.82) is 0 Å². The molecule has 0 radical (unpaired) electrons. The lowest BCUT2D eigenvalue weighted by Gasteiger charge is -2.60. The number of rotatable bonds is 4. The number of nitrogens with one attached hydrogen (secondary N) is 1. The number of ketones is 3. The molecule has 39 heavy (non-hydrogen) atoms. The SMILES string of the molecule is CC1(C)C[C@@H]2CC3C4CCC5=CC(=O)C=CC5(C)[C@@]4(F)C(=O)CC3(C)[C@]2(C(=O)CNC(=O)c2cnccn2)O1. The second kappa shape index (κ2) is 8.22. The first-order chi connectivity index (χ1) is 18.3. The number of carbonyl (C=O) groups is 4. The first kappa shape index (κ1) is 26.2. The van der Waals surface area contributed by atoms with Gasteiger partial charge in [-0.1, -0.05) is 18.6 Å². The van der Waals surface area contributed by atoms with Crippen molar-refractivity contribution in [2.75, 3.05) is 6.54 Å². The molecule has 1 aromatic rings. The molecular weight excluding hydrogens is 501 g/mol. The van der Waals surface area contributed by atoms with Crippen molar-refractivity contribution < 1.29 is 28.3 Å². The second-order valence-corrected chi connectivity index (χ2v) is 13.0. The molecule has 1 aliphatic heterocycles. The maximum Gasteiger partial charge on any atom is 0.271 e. The topological polar surface area (TPSA) is 115 Å². The number of amides is 1. The van der Waals surface area contributed by atoms with Crippen LogP contribution in [0.2, 0.25) is 0 Å². The second-order valence-electron chi connectivity index (χ2n) is 13.0. The van der Waals surface area contributed by atoms with E-state index in [0.717, 1.165) is 0 Å². The molecule has 7 atom stereocenters. The van der Waals surface area contributed by atoms with Gasteiger partial charge in [0.15, 0.2) is 23.0 Å². The molecule has 1 aromatic heterocycles. The maximum absolute atomic E-state index is 17.4. The zero-order chi connectivity index (χ0) is 28.0. The van der Waals surface area contributed by atoms with Gasteiger partial charge in [0.25, 0.3) is 5.91 Å². The van der Waals surface area contributed by atoms with E-state index in [9.17, 15) is 19.2 Å². The fraction of sp³-hybridized carbons (Fsp3) is 0.600. The maximum atomic E-state index is 17.4. The number of hydrogen-bond acceptors (Lipinski definition) is 7. The summed E-state index contributed by atoms with van der Waals surface area (Å²) >= 11 is 0. The summed E-state index contributed by atoms with van der Waals surface area (Å²) in [7, 11) is 0. The van der Waals surface area contributed by atoms with Crippen LogP contribution >= 0.6 is 0 Å². The zero-order valence-electron chi connectivity index (χ0n) is 22.8. The molecule has 1 saturated heterocycles. The number of carbonyl (C=O) groups excluding carboxylic acids is 4. The minimum absolute atomic E-state index is 0.0934. The molecule has 0 spiro atoms. The molecule has 5 aliphatic rings. The number of alkyl halides is 1. The smallest absolute Gasteiger partial charge is 0.271 e. The van der Waals surface area contributed by atoms with Gasteiger partial charge in [-0.3, -0.25) is 24.2 Å². The Bertz CT molecular complexity index is 1360. The third-order valence-corrected chi connectivity index (χ3v) is 10.6. The van der Waals surface area contributed by atoms with E-state index in [1.165, 1.54) is 30.7 Å². The highest BCUT2D eigenvalue weighted by Gasteiger charge is 2.79. The summed E-state index contributed by atoms with van der Waals surface area (Å²) in [4.78, 5) is 60.9. The van der Waals surface area contributed by atoms with E-state index < -0.39 is 45.3 Å². The van der Waals surface area contributed by atoms with Crippen molar-refractivity contribution in [3.8, 4) is 0 Å². The zero-order valence-corrected chi connectivity index (χ0v) is 22.8. The Morgan fingerprint density at radius 3 is 2.64 bits per heavy atom. The molecule has 4 unspecified atom stereocenters. The molecule has 1 amide bonds. The summed E-state index contributed by atoms with van der Waals surface area (Å²) in [6, 6.07) is 0. The molecule has 1 N–H and O–H groups in total. The van der Waals surface area contributed by atoms with Crippen molar-refractivity contribution in [2.45, 2.75) is 76.7 Å². The summed E-state index contributed by atoms with van der Waals surface area (Å²) in [5.41, 5.74) is -5.49. The Morgan fingerprint density at radius 2 is 1.92 bits per heavy atom. The summed E-state index contributed by atoms with van der Waals surface area (Å²) in [6.45, 7) is 7.21. The molecule has 9 heteroatoms. The van der Waals surface area contributed by atoms with Crippen molar-refractivity contribution >= 4 is 23.3 Å². The highest BCUT2D eigenvalue weighted by Crippen LogP contribution is 2.73. The van der Waals surface area contributed by atoms with Gasteiger partial charge >= 0.3 is 0 Å². The van der Waals surface area contributed by atoms with Crippen LogP contribution in [-0.2, 0) is 19.1 Å². The minimum atomic E-state index is -2.17. The van der Waals surface area contributed by atoms with Crippen molar-refractivity contribution in [3.05, 3.63) is 48.1 Å². The van der Waals surface area contributed by atoms with Crippen LogP contribution in [0.15, 0.2) is 42.4 Å². The van der Waals surface area contributed by atoms with Crippen LogP contribution in [0.1, 0.15) is 70.3 Å². The Balaban J connectivity index is 1.37. The summed E-state index contributed by atoms with van der Waals surface area (Å²) in [6.07, 6.45) is 10.6. The van der Waals surface area contributed by atoms with Crippen LogP contribution in [0.25, 0.3) is 0 Å². The number of fused-ring (bicyclic) bond motifs is 7. The van der Waals surface area contributed by atoms with Crippen LogP contribution in [0.4, 0.5) is 4.39 Å². The van der Waals surface area contributed by atoms with Crippen LogP contribution in [0.5, 0.6) is 0 Å². The van der Waals surface area contributed by atoms with Gasteiger partial charge in [-0.25, -0.2) is 9.37 Å². The Kier molecular flexibility index (Phi) is 5.52. The lowest BCUT2D eigenvalue weighted by molar-refractivity contribution is -0.202. The highest BCUT2D eigenvalue weighted by atomic mass is 19.1. The standard InChI is InChI=1S/C30H34FN3O5/c1-26(2)13-18-12-21-20-6-5-17-11-19(35)7-8-27(17,3)29(20,31)23(36)14-28(21,4)30(18,39-26)24(37)16-34-25(38)22-15-32-9-10-33-22/h7-11,15,18,20-21H,5-6,12-14,16H2,1-4H3,(H,34,38)/t18-,20?,21?,27?,28?,29-,30-/m0/s1. The quantitative estimate of drug-likeness (QED) is 0.627. The van der Waals surface area contributed by atoms with Gasteiger partial charge < -0.3 is 10.1 Å². The summed E-state index contributed by atoms with van der Waals surface area (Å²) in [5, 5.41) is 2.67. The normalized spacial score (nSPS) is 41.7. The average Bonchev–Trinajstić information content (AvgIpc) is 3.30. The Morgan fingerprint density at radius 1 is 1.15 bits per heavy atom. The molecule has 0 bridgehead atoms. The van der Waals surface area contributed by atoms with Crippen molar-refractivity contribution in [1.82, 2.24) is 15.3 Å². The van der Waals surface area contributed by atoms with Crippen LogP contribution in [-0.4, -0.2) is 56.6 Å². The largest absolute Gasteiger partial charge is 0.360 e. The van der Waals surface area contributed by atoms with E-state index in [-0.39, 0.29) is 42.1 Å². The first-order valence-electron chi connectivity index (χ1n) is 13.7. The van der Waals surface area contributed by atoms with Gasteiger partial charge in [-0.05, 0) is 70.4 Å². The number of nitrogens with zero attached hydrogens (tertiary/aromatic N) is 2. The molecule has 206 valence electrons. The fourth-order valence-corrected chi connectivity index (χ4v) is 8.99. The van der Waals surface area contributed by atoms with Crippen molar-refractivity contribution in [2.24, 2.45) is 28.6 Å². The van der Waals surface area contributed by atoms with E-state index >= 15 is 4.39 Å². The molecule has 8 nitrogen and oxygen atoms in total. The predicted molar refractivity (Wildman–Crippen MR) is 138 cm³/mol. The van der Waals surface area contributed by atoms with Gasteiger partial charge in [0, 0.05) is 35.6 Å². The number of halogens is 1. The molecule has 2 heterocycles. The summed E-state index contributed by atoms with van der Waals surface area (Å²) in [5.74, 6) is -2.65. The molecule has 3 saturated carbocycles. The lowest BCUT2D eigenvalue weighted by Crippen LogP contribution is -2.68. The molecule has 4 aliphatic carbocycles. The Hall–Kier alpha value is -3.07. The van der Waals surface area contributed by atoms with Gasteiger partial charge in [0.1, 0.15) is 11.3 Å².